The summed E-state index contributed by atoms with van der Waals surface area (Å²) in [5.41, 5.74) is 0. The molecular formula is C4H8BClF3-. The predicted octanol–water partition coefficient (Wildman–Crippen LogP) is 2.71. The Bertz CT molecular complexity index is 82.4. The molecule has 0 saturated carbocycles. The van der Waals surface area contributed by atoms with Gasteiger partial charge < -0.3 is 12.9 Å². The van der Waals surface area contributed by atoms with Gasteiger partial charge in [0.15, 0.2) is 0 Å². The van der Waals surface area contributed by atoms with Gasteiger partial charge in [0.25, 0.3) is 0 Å². The SMILES string of the molecule is CC(CCl)C[B-](F)(F)F. The highest BCUT2D eigenvalue weighted by Crippen LogP contribution is 2.21. The van der Waals surface area contributed by atoms with Crippen LogP contribution in [0.5, 0.6) is 0 Å². The van der Waals surface area contributed by atoms with Crippen molar-refractivity contribution >= 4 is 18.6 Å². The van der Waals surface area contributed by atoms with Gasteiger partial charge in [-0.15, -0.1) is 11.6 Å². The molecule has 0 radical (unpaired) electrons. The third-order valence-corrected chi connectivity index (χ3v) is 1.46. The van der Waals surface area contributed by atoms with Crippen LogP contribution in [0.4, 0.5) is 12.9 Å². The first-order valence-corrected chi connectivity index (χ1v) is 3.26. The summed E-state index contributed by atoms with van der Waals surface area (Å²) >= 11 is 5.17. The minimum atomic E-state index is -4.63. The maximum absolute atomic E-state index is 11.5. The summed E-state index contributed by atoms with van der Waals surface area (Å²) in [6.45, 7) is -3.14. The lowest BCUT2D eigenvalue weighted by molar-refractivity contribution is 0.447. The van der Waals surface area contributed by atoms with Crippen LogP contribution >= 0.6 is 11.6 Å². The second-order valence-electron chi connectivity index (χ2n) is 2.21. The summed E-state index contributed by atoms with van der Waals surface area (Å²) in [6, 6.07) is 0. The van der Waals surface area contributed by atoms with Gasteiger partial charge >= 0.3 is 6.98 Å². The zero-order valence-electron chi connectivity index (χ0n) is 5.08. The molecular weight excluding hydrogens is 151 g/mol. The summed E-state index contributed by atoms with van der Waals surface area (Å²) < 4.78 is 34.5. The van der Waals surface area contributed by atoms with Gasteiger partial charge in [-0.2, -0.15) is 0 Å². The van der Waals surface area contributed by atoms with E-state index >= 15 is 0 Å². The van der Waals surface area contributed by atoms with E-state index in [1.807, 2.05) is 0 Å². The Hall–Kier alpha value is 0.145. The average Bonchev–Trinajstić information content (AvgIpc) is 1.62. The average molecular weight is 159 g/mol. The fourth-order valence-corrected chi connectivity index (χ4v) is 0.645. The first-order chi connectivity index (χ1) is 3.95. The van der Waals surface area contributed by atoms with E-state index in [2.05, 4.69) is 0 Å². The van der Waals surface area contributed by atoms with Crippen LogP contribution in [0.2, 0.25) is 6.32 Å². The molecule has 5 heteroatoms. The minimum absolute atomic E-state index is 0.0846. The zero-order chi connectivity index (χ0) is 7.49. The van der Waals surface area contributed by atoms with Gasteiger partial charge in [0, 0.05) is 5.88 Å². The van der Waals surface area contributed by atoms with Crippen molar-refractivity contribution in [1.82, 2.24) is 0 Å². The molecule has 56 valence electrons. The molecule has 0 rings (SSSR count). The van der Waals surface area contributed by atoms with Crippen molar-refractivity contribution in [3.63, 3.8) is 0 Å². The number of hydrogen-bond donors (Lipinski definition) is 0. The van der Waals surface area contributed by atoms with Gasteiger partial charge in [-0.25, -0.2) is 0 Å². The van der Waals surface area contributed by atoms with Crippen molar-refractivity contribution in [3.05, 3.63) is 0 Å². The first kappa shape index (κ1) is 9.14. The Labute approximate surface area is 57.4 Å². The van der Waals surface area contributed by atoms with Crippen molar-refractivity contribution in [3.8, 4) is 0 Å². The molecule has 0 aromatic heterocycles. The molecule has 0 heterocycles. The molecule has 0 aliphatic rings. The van der Waals surface area contributed by atoms with Crippen molar-refractivity contribution in [2.45, 2.75) is 13.2 Å². The van der Waals surface area contributed by atoms with Crippen LogP contribution in [0.1, 0.15) is 6.92 Å². The summed E-state index contributed by atoms with van der Waals surface area (Å²) in [4.78, 5) is 0. The predicted molar refractivity (Wildman–Crippen MR) is 33.8 cm³/mol. The van der Waals surface area contributed by atoms with Crippen LogP contribution in [-0.2, 0) is 0 Å². The topological polar surface area (TPSA) is 0 Å². The Morgan fingerprint density at radius 1 is 1.44 bits per heavy atom. The molecule has 0 N–H and O–H groups in total. The second-order valence-corrected chi connectivity index (χ2v) is 2.51. The van der Waals surface area contributed by atoms with E-state index in [0.29, 0.717) is 0 Å². The molecule has 0 spiro atoms. The van der Waals surface area contributed by atoms with Crippen LogP contribution in [0.3, 0.4) is 0 Å². The first-order valence-electron chi connectivity index (χ1n) is 2.72. The van der Waals surface area contributed by atoms with E-state index in [1.165, 1.54) is 6.92 Å². The van der Waals surface area contributed by atoms with E-state index in [-0.39, 0.29) is 5.88 Å². The number of alkyl halides is 1. The molecule has 0 saturated heterocycles. The van der Waals surface area contributed by atoms with Crippen LogP contribution in [0, 0.1) is 5.92 Å². The van der Waals surface area contributed by atoms with E-state index in [1.54, 1.807) is 0 Å². The Morgan fingerprint density at radius 2 is 1.89 bits per heavy atom. The van der Waals surface area contributed by atoms with Crippen molar-refractivity contribution in [2.75, 3.05) is 5.88 Å². The Morgan fingerprint density at radius 3 is 2.00 bits per heavy atom. The molecule has 1 atom stereocenters. The Balaban J connectivity index is 3.47. The highest BCUT2D eigenvalue weighted by Gasteiger charge is 2.24. The standard InChI is InChI=1S/C4H8BClF3/c1-4(3-6)2-5(7,8)9/h4H,2-3H2,1H3/q-1. The highest BCUT2D eigenvalue weighted by molar-refractivity contribution is 6.58. The number of halogens is 4. The lowest BCUT2D eigenvalue weighted by Gasteiger charge is -2.16. The molecule has 0 aliphatic carbocycles. The molecule has 1 unspecified atom stereocenters. The summed E-state index contributed by atoms with van der Waals surface area (Å²) in [7, 11) is 0. The molecule has 0 nitrogen and oxygen atoms in total. The van der Waals surface area contributed by atoms with Crippen molar-refractivity contribution in [2.24, 2.45) is 5.92 Å². The maximum atomic E-state index is 11.5. The largest absolute Gasteiger partial charge is 0.478 e. The molecule has 0 bridgehead atoms. The van der Waals surface area contributed by atoms with E-state index < -0.39 is 19.2 Å². The fourth-order valence-electron chi connectivity index (χ4n) is 0.519. The third-order valence-electron chi connectivity index (χ3n) is 0.933. The van der Waals surface area contributed by atoms with E-state index in [4.69, 9.17) is 11.6 Å². The van der Waals surface area contributed by atoms with Crippen LogP contribution < -0.4 is 0 Å². The monoisotopic (exact) mass is 159 g/mol. The van der Waals surface area contributed by atoms with E-state index in [0.717, 1.165) is 0 Å². The lowest BCUT2D eigenvalue weighted by Crippen LogP contribution is -2.18. The van der Waals surface area contributed by atoms with Crippen LogP contribution in [0.15, 0.2) is 0 Å². The van der Waals surface area contributed by atoms with Crippen molar-refractivity contribution in [1.29, 1.82) is 0 Å². The molecule has 0 fully saturated rings. The Kier molecular flexibility index (Phi) is 3.40. The molecule has 0 aromatic rings. The lowest BCUT2D eigenvalue weighted by atomic mass is 9.80. The van der Waals surface area contributed by atoms with Crippen LogP contribution in [-0.4, -0.2) is 12.9 Å². The summed E-state index contributed by atoms with van der Waals surface area (Å²) in [5, 5.41) is 0. The zero-order valence-corrected chi connectivity index (χ0v) is 5.84. The second kappa shape index (κ2) is 3.35. The minimum Gasteiger partial charge on any atom is -0.449 e. The molecule has 0 amide bonds. The molecule has 0 aliphatic heterocycles. The maximum Gasteiger partial charge on any atom is 0.478 e. The van der Waals surface area contributed by atoms with Gasteiger partial charge in [-0.3, -0.25) is 0 Å². The van der Waals surface area contributed by atoms with Gasteiger partial charge in [0.1, 0.15) is 0 Å². The fraction of sp³-hybridized carbons (Fsp3) is 1.00. The third kappa shape index (κ3) is 6.02. The smallest absolute Gasteiger partial charge is 0.449 e. The molecule has 9 heavy (non-hydrogen) atoms. The van der Waals surface area contributed by atoms with Gasteiger partial charge in [-0.1, -0.05) is 19.2 Å². The van der Waals surface area contributed by atoms with E-state index in [9.17, 15) is 12.9 Å². The quantitative estimate of drug-likeness (QED) is 0.439. The molecule has 0 aromatic carbocycles. The van der Waals surface area contributed by atoms with Gasteiger partial charge in [0.05, 0.1) is 0 Å². The number of hydrogen-bond acceptors (Lipinski definition) is 0. The van der Waals surface area contributed by atoms with Gasteiger partial charge in [0.2, 0.25) is 0 Å². The van der Waals surface area contributed by atoms with Crippen molar-refractivity contribution < 1.29 is 12.9 Å². The number of rotatable bonds is 3. The summed E-state index contributed by atoms with van der Waals surface area (Å²) in [6.07, 6.45) is -0.719. The highest BCUT2D eigenvalue weighted by atomic mass is 35.5. The normalized spacial score (nSPS) is 15.7. The van der Waals surface area contributed by atoms with Crippen LogP contribution in [0.25, 0.3) is 0 Å². The van der Waals surface area contributed by atoms with Gasteiger partial charge in [-0.05, 0) is 0 Å². The summed E-state index contributed by atoms with van der Waals surface area (Å²) in [5.74, 6) is -0.354.